The molecule has 0 fully saturated rings. The van der Waals surface area contributed by atoms with E-state index in [1.165, 1.54) is 17.7 Å². The minimum Gasteiger partial charge on any atom is -0.507 e. The van der Waals surface area contributed by atoms with Crippen LogP contribution in [0.2, 0.25) is 0 Å². The maximum absolute atomic E-state index is 12.6. The van der Waals surface area contributed by atoms with E-state index in [0.717, 1.165) is 16.7 Å². The number of hydrogen-bond acceptors (Lipinski definition) is 4. The zero-order valence-electron chi connectivity index (χ0n) is 16.7. The number of aromatic hydroxyl groups is 1. The molecule has 0 saturated carbocycles. The number of rotatable bonds is 8. The molecule has 3 rings (SSSR count). The van der Waals surface area contributed by atoms with Crippen molar-refractivity contribution in [3.8, 4) is 11.5 Å². The number of aryl methyl sites for hydroxylation is 1. The van der Waals surface area contributed by atoms with Crippen molar-refractivity contribution in [3.05, 3.63) is 101 Å². The van der Waals surface area contributed by atoms with Crippen LogP contribution in [0.4, 0.5) is 0 Å². The van der Waals surface area contributed by atoms with Crippen molar-refractivity contribution in [3.63, 3.8) is 0 Å². The molecule has 0 aliphatic rings. The normalized spacial score (nSPS) is 11.0. The number of phenols is 1. The van der Waals surface area contributed by atoms with Crippen LogP contribution in [-0.4, -0.2) is 18.0 Å². The van der Waals surface area contributed by atoms with Crippen LogP contribution in [0.5, 0.6) is 11.5 Å². The first kappa shape index (κ1) is 20.4. The predicted molar refractivity (Wildman–Crippen MR) is 116 cm³/mol. The van der Waals surface area contributed by atoms with E-state index in [1.807, 2.05) is 61.5 Å². The largest absolute Gasteiger partial charge is 0.507 e. The Bertz CT molecular complexity index is 993. The summed E-state index contributed by atoms with van der Waals surface area (Å²) in [5, 5.41) is 13.6. The van der Waals surface area contributed by atoms with E-state index in [1.54, 1.807) is 19.3 Å². The minimum atomic E-state index is -0.255. The highest BCUT2D eigenvalue weighted by Gasteiger charge is 2.14. The summed E-state index contributed by atoms with van der Waals surface area (Å²) in [7, 11) is 1.55. The average Bonchev–Trinajstić information content (AvgIpc) is 2.74. The molecule has 0 bridgehead atoms. The average molecular weight is 387 g/mol. The van der Waals surface area contributed by atoms with Crippen molar-refractivity contribution >= 4 is 11.9 Å². The van der Waals surface area contributed by atoms with Crippen LogP contribution < -0.4 is 10.1 Å². The van der Waals surface area contributed by atoms with Gasteiger partial charge in [0.2, 0.25) is 0 Å². The third-order valence-corrected chi connectivity index (χ3v) is 4.66. The molecule has 0 radical (unpaired) electrons. The predicted octanol–water partition coefficient (Wildman–Crippen LogP) is 4.90. The summed E-state index contributed by atoms with van der Waals surface area (Å²) in [5.74, 6) is 0.198. The number of benzene rings is 3. The highest BCUT2D eigenvalue weighted by molar-refractivity contribution is 6.08. The third kappa shape index (κ3) is 5.56. The molecule has 0 aromatic heterocycles. The molecule has 29 heavy (non-hydrogen) atoms. The molecule has 0 aliphatic heterocycles. The van der Waals surface area contributed by atoms with Gasteiger partial charge >= 0.3 is 0 Å². The zero-order chi connectivity index (χ0) is 20.6. The standard InChI is InChI=1S/C25H25NO3/c1-18-8-10-19(11-9-18)12-13-23(27)22-14-21(25(29-2)15-24(22)28)17-26-16-20-6-4-3-5-7-20/h3-15,26,28H,16-17H2,1-2H3/b13-12+. The number of carbonyl (C=O) groups is 1. The van der Waals surface area contributed by atoms with Gasteiger partial charge in [0, 0.05) is 24.7 Å². The first-order valence-electron chi connectivity index (χ1n) is 9.50. The second-order valence-electron chi connectivity index (χ2n) is 6.88. The van der Waals surface area contributed by atoms with Crippen LogP contribution in [0.1, 0.15) is 32.6 Å². The summed E-state index contributed by atoms with van der Waals surface area (Å²) in [6, 6.07) is 21.1. The Morgan fingerprint density at radius 3 is 2.45 bits per heavy atom. The van der Waals surface area contributed by atoms with Gasteiger partial charge in [-0.2, -0.15) is 0 Å². The van der Waals surface area contributed by atoms with Gasteiger partial charge in [-0.05, 0) is 30.2 Å². The highest BCUT2D eigenvalue weighted by atomic mass is 16.5. The van der Waals surface area contributed by atoms with Crippen LogP contribution >= 0.6 is 0 Å². The molecule has 0 heterocycles. The summed E-state index contributed by atoms with van der Waals surface area (Å²) < 4.78 is 5.37. The molecule has 4 heteroatoms. The van der Waals surface area contributed by atoms with E-state index in [4.69, 9.17) is 4.74 Å². The van der Waals surface area contributed by atoms with Gasteiger partial charge in [-0.3, -0.25) is 4.79 Å². The summed E-state index contributed by atoms with van der Waals surface area (Å²) in [4.78, 5) is 12.6. The summed E-state index contributed by atoms with van der Waals surface area (Å²) >= 11 is 0. The van der Waals surface area contributed by atoms with Crippen LogP contribution in [0, 0.1) is 6.92 Å². The lowest BCUT2D eigenvalue weighted by Crippen LogP contribution is -2.14. The third-order valence-electron chi connectivity index (χ3n) is 4.66. The topological polar surface area (TPSA) is 58.6 Å². The molecule has 0 unspecified atom stereocenters. The summed E-state index contributed by atoms with van der Waals surface area (Å²) in [6.45, 7) is 3.23. The Morgan fingerprint density at radius 1 is 1.03 bits per heavy atom. The van der Waals surface area contributed by atoms with E-state index in [2.05, 4.69) is 5.32 Å². The maximum Gasteiger partial charge on any atom is 0.189 e. The lowest BCUT2D eigenvalue weighted by molar-refractivity contribution is 0.104. The fourth-order valence-corrected chi connectivity index (χ4v) is 3.02. The quantitative estimate of drug-likeness (QED) is 0.427. The Morgan fingerprint density at radius 2 is 1.76 bits per heavy atom. The van der Waals surface area contributed by atoms with E-state index >= 15 is 0 Å². The van der Waals surface area contributed by atoms with E-state index in [9.17, 15) is 9.90 Å². The molecule has 0 aliphatic carbocycles. The molecular weight excluding hydrogens is 362 g/mol. The smallest absolute Gasteiger partial charge is 0.189 e. The molecule has 0 saturated heterocycles. The van der Waals surface area contributed by atoms with Crippen molar-refractivity contribution in [2.75, 3.05) is 7.11 Å². The number of ketones is 1. The number of allylic oxidation sites excluding steroid dienone is 1. The van der Waals surface area contributed by atoms with Gasteiger partial charge in [0.05, 0.1) is 12.7 Å². The Labute approximate surface area is 171 Å². The van der Waals surface area contributed by atoms with E-state index in [-0.39, 0.29) is 17.1 Å². The van der Waals surface area contributed by atoms with Crippen LogP contribution in [0.25, 0.3) is 6.08 Å². The molecule has 0 amide bonds. The van der Waals surface area contributed by atoms with E-state index in [0.29, 0.717) is 18.8 Å². The summed E-state index contributed by atoms with van der Waals surface area (Å²) in [6.07, 6.45) is 3.23. The van der Waals surface area contributed by atoms with Gasteiger partial charge in [-0.1, -0.05) is 66.2 Å². The molecule has 0 atom stereocenters. The molecular formula is C25H25NO3. The van der Waals surface area contributed by atoms with Crippen LogP contribution in [0.3, 0.4) is 0 Å². The van der Waals surface area contributed by atoms with Crippen LogP contribution in [-0.2, 0) is 13.1 Å². The van der Waals surface area contributed by atoms with Crippen molar-refractivity contribution in [2.24, 2.45) is 0 Å². The maximum atomic E-state index is 12.6. The molecule has 3 aromatic carbocycles. The van der Waals surface area contributed by atoms with Gasteiger partial charge in [0.1, 0.15) is 11.5 Å². The Balaban J connectivity index is 1.75. The van der Waals surface area contributed by atoms with Crippen molar-refractivity contribution in [1.29, 1.82) is 0 Å². The number of carbonyl (C=O) groups excluding carboxylic acids is 1. The van der Waals surface area contributed by atoms with Crippen molar-refractivity contribution in [2.45, 2.75) is 20.0 Å². The lowest BCUT2D eigenvalue weighted by atomic mass is 10.0. The first-order valence-corrected chi connectivity index (χ1v) is 9.50. The van der Waals surface area contributed by atoms with Gasteiger partial charge < -0.3 is 15.2 Å². The van der Waals surface area contributed by atoms with Crippen molar-refractivity contribution < 1.29 is 14.6 Å². The lowest BCUT2D eigenvalue weighted by Gasteiger charge is -2.12. The number of methoxy groups -OCH3 is 1. The second kappa shape index (κ2) is 9.71. The van der Waals surface area contributed by atoms with Crippen molar-refractivity contribution in [1.82, 2.24) is 5.32 Å². The molecule has 0 spiro atoms. The first-order chi connectivity index (χ1) is 14.1. The van der Waals surface area contributed by atoms with Gasteiger partial charge in [0.15, 0.2) is 5.78 Å². The van der Waals surface area contributed by atoms with E-state index < -0.39 is 0 Å². The zero-order valence-corrected chi connectivity index (χ0v) is 16.7. The summed E-state index contributed by atoms with van der Waals surface area (Å²) in [5.41, 5.74) is 4.33. The Kier molecular flexibility index (Phi) is 6.82. The fraction of sp³-hybridized carbons (Fsp3) is 0.160. The van der Waals surface area contributed by atoms with Gasteiger partial charge in [-0.25, -0.2) is 0 Å². The SMILES string of the molecule is COc1cc(O)c(C(=O)/C=C/c2ccc(C)cc2)cc1CNCc1ccccc1. The fourth-order valence-electron chi connectivity index (χ4n) is 3.02. The number of phenolic OH excluding ortho intramolecular Hbond substituents is 1. The van der Waals surface area contributed by atoms with Gasteiger partial charge in [0.25, 0.3) is 0 Å². The molecule has 4 nitrogen and oxygen atoms in total. The molecule has 2 N–H and O–H groups in total. The number of hydrogen-bond donors (Lipinski definition) is 2. The van der Waals surface area contributed by atoms with Crippen LogP contribution in [0.15, 0.2) is 72.8 Å². The second-order valence-corrected chi connectivity index (χ2v) is 6.88. The highest BCUT2D eigenvalue weighted by Crippen LogP contribution is 2.29. The Hall–Kier alpha value is -3.37. The monoisotopic (exact) mass is 387 g/mol. The number of nitrogens with one attached hydrogen (secondary N) is 1. The molecule has 3 aromatic rings. The van der Waals surface area contributed by atoms with Gasteiger partial charge in [-0.15, -0.1) is 0 Å². The molecule has 148 valence electrons. The minimum absolute atomic E-state index is 0.0905. The number of ether oxygens (including phenoxy) is 1.